The molecule has 148 valence electrons. The summed E-state index contributed by atoms with van der Waals surface area (Å²) in [6.07, 6.45) is 0.307. The van der Waals surface area contributed by atoms with Crippen molar-refractivity contribution in [3.63, 3.8) is 0 Å². The monoisotopic (exact) mass is 392 g/mol. The second kappa shape index (κ2) is 8.20. The number of benzene rings is 1. The molecule has 2 heterocycles. The Labute approximate surface area is 159 Å². The molecule has 3 rings (SSSR count). The fourth-order valence-corrected chi connectivity index (χ4v) is 2.82. The van der Waals surface area contributed by atoms with E-state index in [2.05, 4.69) is 5.32 Å². The predicted octanol–water partition coefficient (Wildman–Crippen LogP) is 2.48. The molecule has 0 bridgehead atoms. The lowest BCUT2D eigenvalue weighted by molar-refractivity contribution is -0.157. The van der Waals surface area contributed by atoms with Crippen molar-refractivity contribution in [3.05, 3.63) is 54.0 Å². The van der Waals surface area contributed by atoms with Crippen LogP contribution in [-0.2, 0) is 25.7 Å². The topological polar surface area (TPSA) is 88.9 Å². The van der Waals surface area contributed by atoms with Crippen molar-refractivity contribution in [1.82, 2.24) is 4.90 Å². The molecular weight excluding hydrogens is 374 g/mol. The van der Waals surface area contributed by atoms with E-state index in [-0.39, 0.29) is 31.1 Å². The number of furan rings is 1. The van der Waals surface area contributed by atoms with Gasteiger partial charge in [-0.05, 0) is 31.2 Å². The summed E-state index contributed by atoms with van der Waals surface area (Å²) < 4.78 is 36.5. The van der Waals surface area contributed by atoms with E-state index < -0.39 is 35.5 Å². The van der Waals surface area contributed by atoms with Crippen LogP contribution in [0.1, 0.15) is 19.1 Å². The van der Waals surface area contributed by atoms with E-state index in [4.69, 9.17) is 9.15 Å². The van der Waals surface area contributed by atoms with Crippen molar-refractivity contribution in [1.29, 1.82) is 0 Å². The van der Waals surface area contributed by atoms with Gasteiger partial charge in [-0.1, -0.05) is 0 Å². The Hall–Kier alpha value is -3.23. The zero-order chi connectivity index (χ0) is 20.3. The molecule has 7 nitrogen and oxygen atoms in total. The molecule has 1 aliphatic heterocycles. The Balaban J connectivity index is 1.52. The first-order chi connectivity index (χ1) is 13.3. The third-order valence-corrected chi connectivity index (χ3v) is 4.32. The second-order valence-electron chi connectivity index (χ2n) is 6.45. The Morgan fingerprint density at radius 2 is 2.11 bits per heavy atom. The van der Waals surface area contributed by atoms with Crippen LogP contribution in [0.4, 0.5) is 14.5 Å². The molecule has 1 aromatic heterocycles. The molecule has 1 fully saturated rings. The number of nitrogens with one attached hydrogen (secondary N) is 1. The van der Waals surface area contributed by atoms with Crippen molar-refractivity contribution < 1.29 is 32.3 Å². The van der Waals surface area contributed by atoms with Crippen molar-refractivity contribution in [2.24, 2.45) is 5.92 Å². The van der Waals surface area contributed by atoms with Crippen LogP contribution in [-0.4, -0.2) is 35.3 Å². The number of hydrogen-bond acceptors (Lipinski definition) is 5. The first-order valence-electron chi connectivity index (χ1n) is 8.60. The maximum atomic E-state index is 13.2. The summed E-state index contributed by atoms with van der Waals surface area (Å²) in [5.41, 5.74) is 0.0347. The summed E-state index contributed by atoms with van der Waals surface area (Å²) in [4.78, 5) is 37.9. The van der Waals surface area contributed by atoms with Crippen molar-refractivity contribution in [3.8, 4) is 0 Å². The highest BCUT2D eigenvalue weighted by Crippen LogP contribution is 2.22. The van der Waals surface area contributed by atoms with Gasteiger partial charge in [0.1, 0.15) is 5.76 Å². The molecule has 0 radical (unpaired) electrons. The number of hydrogen-bond donors (Lipinski definition) is 1. The fourth-order valence-electron chi connectivity index (χ4n) is 2.82. The van der Waals surface area contributed by atoms with Crippen LogP contribution in [0.2, 0.25) is 0 Å². The summed E-state index contributed by atoms with van der Waals surface area (Å²) in [6.45, 7) is 1.77. The summed E-state index contributed by atoms with van der Waals surface area (Å²) in [5.74, 6) is -3.83. The van der Waals surface area contributed by atoms with E-state index in [1.54, 1.807) is 12.1 Å². The number of anilines is 1. The normalized spacial score (nSPS) is 17.5. The largest absolute Gasteiger partial charge is 0.467 e. The van der Waals surface area contributed by atoms with E-state index in [9.17, 15) is 23.2 Å². The molecular formula is C19H18F2N2O5. The maximum Gasteiger partial charge on any atom is 0.312 e. The number of ether oxygens (including phenoxy) is 1. The molecule has 2 aromatic rings. The van der Waals surface area contributed by atoms with E-state index in [0.717, 1.165) is 12.1 Å². The third kappa shape index (κ3) is 4.54. The smallest absolute Gasteiger partial charge is 0.312 e. The molecule has 1 N–H and O–H groups in total. The lowest BCUT2D eigenvalue weighted by atomic mass is 10.1. The van der Waals surface area contributed by atoms with Gasteiger partial charge in [0.25, 0.3) is 5.91 Å². The van der Waals surface area contributed by atoms with Crippen LogP contribution in [0, 0.1) is 17.6 Å². The molecule has 2 amide bonds. The zero-order valence-corrected chi connectivity index (χ0v) is 15.0. The van der Waals surface area contributed by atoms with Gasteiger partial charge in [0.2, 0.25) is 5.91 Å². The van der Waals surface area contributed by atoms with Gasteiger partial charge in [0.15, 0.2) is 17.7 Å². The Kier molecular flexibility index (Phi) is 5.72. The number of rotatable bonds is 6. The van der Waals surface area contributed by atoms with E-state index >= 15 is 0 Å². The molecule has 0 saturated carbocycles. The first-order valence-corrected chi connectivity index (χ1v) is 8.60. The molecule has 28 heavy (non-hydrogen) atoms. The summed E-state index contributed by atoms with van der Waals surface area (Å²) >= 11 is 0. The first kappa shape index (κ1) is 19.5. The number of nitrogens with zero attached hydrogens (tertiary/aromatic N) is 1. The molecule has 0 spiro atoms. The lowest BCUT2D eigenvalue weighted by Gasteiger charge is -2.17. The molecule has 0 aliphatic carbocycles. The molecule has 9 heteroatoms. The number of carbonyl (C=O) groups excluding carboxylic acids is 3. The highest BCUT2D eigenvalue weighted by atomic mass is 19.2. The fraction of sp³-hybridized carbons (Fsp3) is 0.316. The number of amides is 2. The molecule has 2 atom stereocenters. The minimum absolute atomic E-state index is 0.0168. The lowest BCUT2D eigenvalue weighted by Crippen LogP contribution is -2.33. The van der Waals surface area contributed by atoms with Crippen LogP contribution in [0.25, 0.3) is 0 Å². The SMILES string of the molecule is C[C@@H](OC(=O)[C@H]1CC(=O)N(Cc2ccco2)C1)C(=O)Nc1ccc(F)c(F)c1. The standard InChI is InChI=1S/C19H18F2N2O5/c1-11(18(25)22-13-4-5-15(20)16(21)8-13)28-19(26)12-7-17(24)23(9-12)10-14-3-2-6-27-14/h2-6,8,11-12H,7,9-10H2,1H3,(H,22,25)/t11-,12+/m1/s1. The van der Waals surface area contributed by atoms with E-state index in [1.807, 2.05) is 0 Å². The van der Waals surface area contributed by atoms with Gasteiger partial charge in [-0.25, -0.2) is 8.78 Å². The number of likely N-dealkylation sites (tertiary alicyclic amines) is 1. The minimum atomic E-state index is -1.17. The maximum absolute atomic E-state index is 13.2. The quantitative estimate of drug-likeness (QED) is 0.763. The zero-order valence-electron chi connectivity index (χ0n) is 15.0. The van der Waals surface area contributed by atoms with Crippen LogP contribution in [0.3, 0.4) is 0 Å². The van der Waals surface area contributed by atoms with Crippen LogP contribution in [0.15, 0.2) is 41.0 Å². The highest BCUT2D eigenvalue weighted by Gasteiger charge is 2.36. The highest BCUT2D eigenvalue weighted by molar-refractivity contribution is 5.95. The average Bonchev–Trinajstić information content (AvgIpc) is 3.28. The van der Waals surface area contributed by atoms with E-state index in [0.29, 0.717) is 5.76 Å². The Bertz CT molecular complexity index is 884. The van der Waals surface area contributed by atoms with Gasteiger partial charge in [0.05, 0.1) is 18.7 Å². The van der Waals surface area contributed by atoms with Gasteiger partial charge in [-0.15, -0.1) is 0 Å². The predicted molar refractivity (Wildman–Crippen MR) is 92.8 cm³/mol. The van der Waals surface area contributed by atoms with Crippen molar-refractivity contribution in [2.45, 2.75) is 26.0 Å². The molecule has 1 aliphatic rings. The van der Waals surface area contributed by atoms with Gasteiger partial charge in [-0.2, -0.15) is 0 Å². The van der Waals surface area contributed by atoms with Crippen LogP contribution >= 0.6 is 0 Å². The Morgan fingerprint density at radius 1 is 1.32 bits per heavy atom. The Morgan fingerprint density at radius 3 is 2.79 bits per heavy atom. The number of carbonyl (C=O) groups is 3. The summed E-state index contributed by atoms with van der Waals surface area (Å²) in [7, 11) is 0. The van der Waals surface area contributed by atoms with Crippen molar-refractivity contribution >= 4 is 23.5 Å². The second-order valence-corrected chi connectivity index (χ2v) is 6.45. The minimum Gasteiger partial charge on any atom is -0.467 e. The molecule has 0 unspecified atom stereocenters. The third-order valence-electron chi connectivity index (χ3n) is 4.32. The summed E-state index contributed by atoms with van der Waals surface area (Å²) in [5, 5.41) is 2.34. The number of halogens is 2. The van der Waals surface area contributed by atoms with Gasteiger partial charge in [0, 0.05) is 24.7 Å². The van der Waals surface area contributed by atoms with E-state index in [1.165, 1.54) is 24.2 Å². The van der Waals surface area contributed by atoms with Gasteiger partial charge >= 0.3 is 5.97 Å². The summed E-state index contributed by atoms with van der Waals surface area (Å²) in [6, 6.07) is 6.31. The molecule has 1 saturated heterocycles. The number of esters is 1. The molecule has 1 aromatic carbocycles. The average molecular weight is 392 g/mol. The van der Waals surface area contributed by atoms with Crippen LogP contribution < -0.4 is 5.32 Å². The van der Waals surface area contributed by atoms with Crippen LogP contribution in [0.5, 0.6) is 0 Å². The van der Waals surface area contributed by atoms with Crippen molar-refractivity contribution in [2.75, 3.05) is 11.9 Å². The van der Waals surface area contributed by atoms with Gasteiger partial charge < -0.3 is 19.4 Å². The van der Waals surface area contributed by atoms with Gasteiger partial charge in [-0.3, -0.25) is 14.4 Å².